The highest BCUT2D eigenvalue weighted by molar-refractivity contribution is 7.47. The molecule has 18 heteroatoms. The number of likely N-dealkylation sites (N-methyl/N-ethyl adjacent to an activating group) is 1. The van der Waals surface area contributed by atoms with Gasteiger partial charge in [-0.25, -0.2) is 4.57 Å². The van der Waals surface area contributed by atoms with Gasteiger partial charge in [-0.3, -0.25) is 33.0 Å². The zero-order valence-electron chi connectivity index (χ0n) is 42.9. The number of benzene rings is 1. The van der Waals surface area contributed by atoms with E-state index in [1.54, 1.807) is 24.3 Å². The highest BCUT2D eigenvalue weighted by Crippen LogP contribution is 2.43. The molecule has 0 spiro atoms. The van der Waals surface area contributed by atoms with Gasteiger partial charge >= 0.3 is 19.8 Å². The zero-order chi connectivity index (χ0) is 50.7. The second-order valence-corrected chi connectivity index (χ2v) is 20.0. The minimum atomic E-state index is -4.43. The van der Waals surface area contributed by atoms with Crippen LogP contribution in [0, 0.1) is 0 Å². The Morgan fingerprint density at radius 3 is 1.59 bits per heavy atom. The molecule has 1 rings (SSSR count). The fourth-order valence-corrected chi connectivity index (χ4v) is 7.60. The second-order valence-electron chi connectivity index (χ2n) is 18.6. The standard InChI is InChI=1S/C51H90N3O14P/c1-5-6-7-8-9-10-11-12-13-14-15-18-21-26-49(57)65-43-47(44-67-69(60,61)66-37-34-54(2,3)4)68-50(58)27-22-19-16-17-20-25-48(56)52-32-23-35-62-38-40-64-41-39-63-36-24-33-53-51(59)46-30-28-45(42-55)29-31-46/h28-31,42,47H,5-27,32-41,43-44H2,1-4H3,(H2-,52,53,56,59,60,61)/p+1/t47-/m1/s1. The molecule has 1 aromatic rings. The fraction of sp³-hybridized carbons (Fsp3) is 0.784. The molecule has 2 atom stereocenters. The van der Waals surface area contributed by atoms with Gasteiger partial charge in [-0.1, -0.05) is 115 Å². The molecular formula is C51H91N3O14P+. The molecule has 17 nitrogen and oxygen atoms in total. The van der Waals surface area contributed by atoms with Gasteiger partial charge in [0.15, 0.2) is 6.10 Å². The molecule has 0 bridgehead atoms. The maximum Gasteiger partial charge on any atom is 0.472 e. The summed E-state index contributed by atoms with van der Waals surface area (Å²) in [5.41, 5.74) is 1.02. The molecule has 1 unspecified atom stereocenters. The molecule has 0 heterocycles. The number of rotatable bonds is 48. The van der Waals surface area contributed by atoms with Crippen molar-refractivity contribution in [3.63, 3.8) is 0 Å². The van der Waals surface area contributed by atoms with E-state index in [0.717, 1.165) is 51.2 Å². The number of esters is 2. The first kappa shape index (κ1) is 63.7. The predicted molar refractivity (Wildman–Crippen MR) is 267 cm³/mol. The molecule has 0 aliphatic rings. The quantitative estimate of drug-likeness (QED) is 0.0183. The number of nitrogens with one attached hydrogen (secondary N) is 2. The molecule has 3 N–H and O–H groups in total. The molecule has 69 heavy (non-hydrogen) atoms. The van der Waals surface area contributed by atoms with Crippen molar-refractivity contribution in [3.05, 3.63) is 35.4 Å². The van der Waals surface area contributed by atoms with Gasteiger partial charge in [-0.2, -0.15) is 0 Å². The molecule has 0 radical (unpaired) electrons. The summed E-state index contributed by atoms with van der Waals surface area (Å²) in [6.07, 6.45) is 21.1. The summed E-state index contributed by atoms with van der Waals surface area (Å²) in [4.78, 5) is 70.6. The average molecular weight is 1000 g/mol. The van der Waals surface area contributed by atoms with Crippen LogP contribution in [0.15, 0.2) is 24.3 Å². The van der Waals surface area contributed by atoms with Crippen molar-refractivity contribution in [2.45, 2.75) is 161 Å². The van der Waals surface area contributed by atoms with E-state index in [2.05, 4.69) is 17.6 Å². The Kier molecular flexibility index (Phi) is 39.2. The van der Waals surface area contributed by atoms with Crippen molar-refractivity contribution in [1.29, 1.82) is 0 Å². The SMILES string of the molecule is CCCCCCCCCCCCCCCC(=O)OC[C@H](COP(=O)(O)OCC[N+](C)(C)C)OC(=O)CCCCCCCC(=O)NCCCOCCOCCOCCCNC(=O)c1ccc(C=O)cc1. The third kappa shape index (κ3) is 41.1. The van der Waals surface area contributed by atoms with Crippen LogP contribution in [0.1, 0.15) is 175 Å². The van der Waals surface area contributed by atoms with Crippen molar-refractivity contribution in [1.82, 2.24) is 10.6 Å². The minimum Gasteiger partial charge on any atom is -0.462 e. The maximum atomic E-state index is 12.8. The summed E-state index contributed by atoms with van der Waals surface area (Å²) in [5.74, 6) is -1.15. The molecular weight excluding hydrogens is 910 g/mol. The van der Waals surface area contributed by atoms with E-state index in [9.17, 15) is 33.4 Å². The number of phosphoric ester groups is 1. The first-order valence-electron chi connectivity index (χ1n) is 25.9. The Labute approximate surface area is 414 Å². The van der Waals surface area contributed by atoms with Gasteiger partial charge in [0, 0.05) is 56.7 Å². The number of ether oxygens (including phenoxy) is 5. The third-order valence-electron chi connectivity index (χ3n) is 11.0. The highest BCUT2D eigenvalue weighted by atomic mass is 31.2. The predicted octanol–water partition coefficient (Wildman–Crippen LogP) is 8.68. The Balaban J connectivity index is 2.14. The molecule has 398 valence electrons. The van der Waals surface area contributed by atoms with Gasteiger partial charge in [0.05, 0.1) is 54.2 Å². The van der Waals surface area contributed by atoms with Crippen LogP contribution >= 0.6 is 7.82 Å². The fourth-order valence-electron chi connectivity index (χ4n) is 6.86. The van der Waals surface area contributed by atoms with Gasteiger partial charge in [-0.05, 0) is 44.2 Å². The molecule has 0 saturated carbocycles. The van der Waals surface area contributed by atoms with Crippen LogP contribution in [0.25, 0.3) is 0 Å². The van der Waals surface area contributed by atoms with E-state index in [1.165, 1.54) is 57.8 Å². The summed E-state index contributed by atoms with van der Waals surface area (Å²) in [5, 5.41) is 5.73. The van der Waals surface area contributed by atoms with Crippen molar-refractivity contribution in [3.8, 4) is 0 Å². The van der Waals surface area contributed by atoms with Crippen molar-refractivity contribution >= 4 is 37.9 Å². The van der Waals surface area contributed by atoms with Crippen LogP contribution in [0.2, 0.25) is 0 Å². The number of nitrogens with zero attached hydrogens (tertiary/aromatic N) is 1. The number of quaternary nitrogens is 1. The Morgan fingerprint density at radius 2 is 1.07 bits per heavy atom. The lowest BCUT2D eigenvalue weighted by atomic mass is 10.0. The van der Waals surface area contributed by atoms with Crippen LogP contribution in [-0.2, 0) is 51.7 Å². The number of unbranched alkanes of at least 4 members (excludes halogenated alkanes) is 16. The molecule has 1 aromatic carbocycles. The van der Waals surface area contributed by atoms with E-state index >= 15 is 0 Å². The van der Waals surface area contributed by atoms with Crippen LogP contribution in [0.5, 0.6) is 0 Å². The molecule has 0 aliphatic carbocycles. The largest absolute Gasteiger partial charge is 0.472 e. The summed E-state index contributed by atoms with van der Waals surface area (Å²) < 4.78 is 50.9. The Bertz CT molecular complexity index is 1530. The molecule has 0 saturated heterocycles. The lowest BCUT2D eigenvalue weighted by Gasteiger charge is -2.24. The van der Waals surface area contributed by atoms with Crippen molar-refractivity contribution in [2.24, 2.45) is 0 Å². The van der Waals surface area contributed by atoms with Crippen LogP contribution in [0.3, 0.4) is 0 Å². The number of hydrogen-bond acceptors (Lipinski definition) is 13. The van der Waals surface area contributed by atoms with E-state index in [-0.39, 0.29) is 37.9 Å². The molecule has 0 aliphatic heterocycles. The van der Waals surface area contributed by atoms with Gasteiger partial charge in [0.2, 0.25) is 5.91 Å². The van der Waals surface area contributed by atoms with Crippen molar-refractivity contribution in [2.75, 3.05) is 100 Å². The summed E-state index contributed by atoms with van der Waals surface area (Å²) in [7, 11) is 1.34. The molecule has 2 amide bonds. The number of carbonyl (C=O) groups excluding carboxylic acids is 5. The van der Waals surface area contributed by atoms with Crippen LogP contribution in [-0.4, -0.2) is 146 Å². The monoisotopic (exact) mass is 1000 g/mol. The lowest BCUT2D eigenvalue weighted by Crippen LogP contribution is -2.37. The molecule has 0 fully saturated rings. The smallest absolute Gasteiger partial charge is 0.462 e. The third-order valence-corrected chi connectivity index (χ3v) is 12.0. The minimum absolute atomic E-state index is 0.00874. The highest BCUT2D eigenvalue weighted by Gasteiger charge is 2.27. The second kappa shape index (κ2) is 42.4. The van der Waals surface area contributed by atoms with E-state index in [1.807, 2.05) is 21.1 Å². The summed E-state index contributed by atoms with van der Waals surface area (Å²) in [6.45, 7) is 5.69. The Morgan fingerprint density at radius 1 is 0.594 bits per heavy atom. The Hall–Kier alpha value is -3.28. The first-order valence-corrected chi connectivity index (χ1v) is 27.3. The topological polar surface area (TPSA) is 211 Å². The number of aldehydes is 1. The van der Waals surface area contributed by atoms with Crippen molar-refractivity contribution < 1.29 is 70.6 Å². The lowest BCUT2D eigenvalue weighted by molar-refractivity contribution is -0.870. The van der Waals surface area contributed by atoms with Gasteiger partial charge < -0.3 is 43.7 Å². The first-order chi connectivity index (χ1) is 33.2. The normalized spacial score (nSPS) is 12.8. The molecule has 0 aromatic heterocycles. The maximum absolute atomic E-state index is 12.8. The summed E-state index contributed by atoms with van der Waals surface area (Å²) >= 11 is 0. The summed E-state index contributed by atoms with van der Waals surface area (Å²) in [6, 6.07) is 6.44. The number of amides is 2. The van der Waals surface area contributed by atoms with E-state index < -0.39 is 32.5 Å². The number of phosphoric acid groups is 1. The number of carbonyl (C=O) groups is 5. The van der Waals surface area contributed by atoms with Gasteiger partial charge in [-0.15, -0.1) is 0 Å². The van der Waals surface area contributed by atoms with Gasteiger partial charge in [0.25, 0.3) is 5.91 Å². The number of hydrogen-bond donors (Lipinski definition) is 3. The average Bonchev–Trinajstić information content (AvgIpc) is 3.31. The van der Waals surface area contributed by atoms with E-state index in [4.69, 9.17) is 32.7 Å². The zero-order valence-corrected chi connectivity index (χ0v) is 43.8. The van der Waals surface area contributed by atoms with Crippen LogP contribution < -0.4 is 10.6 Å². The van der Waals surface area contributed by atoms with E-state index in [0.29, 0.717) is 107 Å². The van der Waals surface area contributed by atoms with Gasteiger partial charge in [0.1, 0.15) is 26.0 Å². The van der Waals surface area contributed by atoms with Crippen LogP contribution in [0.4, 0.5) is 0 Å².